The number of ether oxygens (including phenoxy) is 2. The average molecular weight is 649 g/mol. The van der Waals surface area contributed by atoms with Gasteiger partial charge in [0.15, 0.2) is 6.23 Å². The normalized spacial score (nSPS) is 26.1. The first-order valence-electron chi connectivity index (χ1n) is 15.4. The maximum atomic E-state index is 12.3. The van der Waals surface area contributed by atoms with E-state index < -0.39 is 0 Å². The fourth-order valence-corrected chi connectivity index (χ4v) is 11.8. The van der Waals surface area contributed by atoms with Crippen molar-refractivity contribution in [1.29, 1.82) is 0 Å². The Kier molecular flexibility index (Phi) is 17.9. The topological polar surface area (TPSA) is 93.2 Å². The summed E-state index contributed by atoms with van der Waals surface area (Å²) in [6.07, 6.45) is 16.2. The van der Waals surface area contributed by atoms with Crippen molar-refractivity contribution in [2.24, 2.45) is 0 Å². The van der Waals surface area contributed by atoms with Gasteiger partial charge in [-0.05, 0) is 70.6 Å². The van der Waals surface area contributed by atoms with E-state index in [-0.39, 0.29) is 24.1 Å². The van der Waals surface area contributed by atoms with Crippen LogP contribution in [0.5, 0.6) is 0 Å². The van der Waals surface area contributed by atoms with E-state index in [1.165, 1.54) is 37.2 Å². The molecule has 4 aliphatic rings. The van der Waals surface area contributed by atoms with Crippen LogP contribution in [0.1, 0.15) is 103 Å². The molecule has 12 heteroatoms. The van der Waals surface area contributed by atoms with Crippen molar-refractivity contribution in [2.75, 3.05) is 31.2 Å². The zero-order valence-electron chi connectivity index (χ0n) is 24.3. The Bertz CT molecular complexity index is 782. The van der Waals surface area contributed by atoms with Gasteiger partial charge in [0.2, 0.25) is 11.8 Å². The van der Waals surface area contributed by atoms with Crippen molar-refractivity contribution < 1.29 is 28.7 Å². The minimum atomic E-state index is -0.324. The summed E-state index contributed by atoms with van der Waals surface area (Å²) in [5.41, 5.74) is 0. The number of piperidine rings is 2. The molecule has 0 radical (unpaired) electrons. The van der Waals surface area contributed by atoms with Crippen LogP contribution in [-0.4, -0.2) is 88.5 Å². The van der Waals surface area contributed by atoms with E-state index in [2.05, 4.69) is 0 Å². The fraction of sp³-hybridized carbons (Fsp3) is 0.862. The number of carbonyl (C=O) groups is 4. The average Bonchev–Trinajstić information content (AvgIpc) is 3.72. The van der Waals surface area contributed by atoms with Crippen LogP contribution in [-0.2, 0) is 28.7 Å². The predicted molar refractivity (Wildman–Crippen MR) is 172 cm³/mol. The van der Waals surface area contributed by atoms with Crippen LogP contribution in [0.2, 0.25) is 0 Å². The maximum absolute atomic E-state index is 12.3. The lowest BCUT2D eigenvalue weighted by Gasteiger charge is -2.35. The van der Waals surface area contributed by atoms with Crippen molar-refractivity contribution in [2.45, 2.75) is 126 Å². The number of carbonyl (C=O) groups excluding carboxylic acids is 4. The number of likely N-dealkylation sites (tertiary alicyclic amines) is 2. The summed E-state index contributed by atoms with van der Waals surface area (Å²) in [6, 6.07) is 0.0956. The van der Waals surface area contributed by atoms with Crippen molar-refractivity contribution in [1.82, 2.24) is 9.80 Å². The van der Waals surface area contributed by atoms with Gasteiger partial charge in [-0.15, -0.1) is 0 Å². The van der Waals surface area contributed by atoms with Gasteiger partial charge in [0.1, 0.15) is 6.61 Å². The highest BCUT2D eigenvalue weighted by molar-refractivity contribution is 8.77. The van der Waals surface area contributed by atoms with Gasteiger partial charge in [-0.25, -0.2) is 0 Å². The third-order valence-electron chi connectivity index (χ3n) is 8.07. The van der Waals surface area contributed by atoms with Gasteiger partial charge >= 0.3 is 0 Å². The fourth-order valence-electron chi connectivity index (χ4n) is 5.76. The molecule has 0 aromatic rings. The summed E-state index contributed by atoms with van der Waals surface area (Å²) in [4.78, 5) is 49.0. The Labute approximate surface area is 262 Å². The van der Waals surface area contributed by atoms with E-state index in [9.17, 15) is 19.2 Å². The molecule has 234 valence electrons. The second-order valence-corrected chi connectivity index (χ2v) is 16.7. The second kappa shape index (κ2) is 21.1. The van der Waals surface area contributed by atoms with E-state index >= 15 is 0 Å². The number of hydrogen-bond acceptors (Lipinski definition) is 10. The highest BCUT2D eigenvalue weighted by Crippen LogP contribution is 2.40. The molecule has 0 aliphatic carbocycles. The highest BCUT2D eigenvalue weighted by atomic mass is 33.1. The van der Waals surface area contributed by atoms with Crippen molar-refractivity contribution in [3.63, 3.8) is 0 Å². The molecule has 4 aliphatic heterocycles. The first-order valence-corrected chi connectivity index (χ1v) is 20.2. The van der Waals surface area contributed by atoms with Gasteiger partial charge < -0.3 is 19.3 Å². The summed E-state index contributed by atoms with van der Waals surface area (Å²) in [5, 5.41) is 1.59. The molecule has 4 atom stereocenters. The van der Waals surface area contributed by atoms with E-state index in [4.69, 9.17) is 9.47 Å². The molecule has 8 nitrogen and oxygen atoms in total. The minimum absolute atomic E-state index is 0.0956. The summed E-state index contributed by atoms with van der Waals surface area (Å²) in [7, 11) is 7.95. The maximum Gasteiger partial charge on any atom is 0.295 e. The van der Waals surface area contributed by atoms with Gasteiger partial charge in [-0.3, -0.25) is 19.2 Å². The van der Waals surface area contributed by atoms with Crippen molar-refractivity contribution >= 4 is 67.9 Å². The summed E-state index contributed by atoms with van der Waals surface area (Å²) in [5.74, 6) is 2.93. The standard InChI is InChI=1S/C15H25NO3S2.C14H23NO3S2/c17-12-19-11-13-5-3-4-9-16(13)15(18)7-2-1-6-14-8-10-20-21-14;16-11-18-14-7-3-4-9-15(14)13(17)6-2-1-5-12-8-10-19-20-12/h12-14H,1-11H2;11-12,14H,1-10H2. The van der Waals surface area contributed by atoms with Crippen molar-refractivity contribution in [3.05, 3.63) is 0 Å². The number of hydrogen-bond donors (Lipinski definition) is 0. The smallest absolute Gasteiger partial charge is 0.295 e. The van der Waals surface area contributed by atoms with Crippen LogP contribution in [0.3, 0.4) is 0 Å². The molecule has 0 aromatic heterocycles. The number of nitrogens with zero attached hydrogens (tertiary/aromatic N) is 2. The van der Waals surface area contributed by atoms with Crippen LogP contribution in [0, 0.1) is 0 Å². The van der Waals surface area contributed by atoms with Gasteiger partial charge in [-0.1, -0.05) is 56.0 Å². The Hall–Kier alpha value is -0.720. The third kappa shape index (κ3) is 13.2. The predicted octanol–water partition coefficient (Wildman–Crippen LogP) is 6.47. The molecular formula is C29H48N2O6S4. The molecule has 0 aromatic carbocycles. The van der Waals surface area contributed by atoms with Gasteiger partial charge in [-0.2, -0.15) is 0 Å². The van der Waals surface area contributed by atoms with E-state index in [1.54, 1.807) is 4.90 Å². The van der Waals surface area contributed by atoms with Gasteiger partial charge in [0, 0.05) is 54.4 Å². The number of unbranched alkanes of at least 4 members (excludes halogenated alkanes) is 2. The zero-order chi connectivity index (χ0) is 29.1. The first-order chi connectivity index (χ1) is 20.1. The Morgan fingerprint density at radius 1 is 0.707 bits per heavy atom. The van der Waals surface area contributed by atoms with Gasteiger partial charge in [0.05, 0.1) is 6.04 Å². The molecule has 0 saturated carbocycles. The second-order valence-electron chi connectivity index (χ2n) is 11.1. The molecule has 2 amide bonds. The molecule has 41 heavy (non-hydrogen) atoms. The molecular weight excluding hydrogens is 601 g/mol. The molecule has 4 saturated heterocycles. The van der Waals surface area contributed by atoms with Crippen LogP contribution in [0.4, 0.5) is 0 Å². The molecule has 4 rings (SSSR count). The minimum Gasteiger partial charge on any atom is -0.466 e. The lowest BCUT2D eigenvalue weighted by molar-refractivity contribution is -0.158. The quantitative estimate of drug-likeness (QED) is 0.112. The third-order valence-corrected chi connectivity index (χ3v) is 14.1. The van der Waals surface area contributed by atoms with Crippen LogP contribution in [0.25, 0.3) is 0 Å². The highest BCUT2D eigenvalue weighted by Gasteiger charge is 2.28. The zero-order valence-corrected chi connectivity index (χ0v) is 27.6. The van der Waals surface area contributed by atoms with Gasteiger partial charge in [0.25, 0.3) is 12.9 Å². The summed E-state index contributed by atoms with van der Waals surface area (Å²) < 4.78 is 9.89. The van der Waals surface area contributed by atoms with Crippen LogP contribution < -0.4 is 0 Å². The Morgan fingerprint density at radius 2 is 1.29 bits per heavy atom. The van der Waals surface area contributed by atoms with Crippen LogP contribution >= 0.6 is 43.2 Å². The number of amides is 2. The largest absolute Gasteiger partial charge is 0.466 e. The van der Waals surface area contributed by atoms with E-state index in [0.29, 0.717) is 32.4 Å². The van der Waals surface area contributed by atoms with Crippen LogP contribution in [0.15, 0.2) is 0 Å². The lowest BCUT2D eigenvalue weighted by atomic mass is 10.0. The first kappa shape index (κ1) is 34.8. The molecule has 4 fully saturated rings. The Morgan fingerprint density at radius 3 is 1.85 bits per heavy atom. The molecule has 0 spiro atoms. The van der Waals surface area contributed by atoms with E-state index in [0.717, 1.165) is 87.8 Å². The lowest BCUT2D eigenvalue weighted by Crippen LogP contribution is -2.46. The SMILES string of the molecule is O=COC1CCCCN1C(=O)CCCCC1CCSS1.O=COCC1CCCCN1C(=O)CCCCC1CCSS1. The molecule has 4 unspecified atom stereocenters. The molecule has 0 bridgehead atoms. The van der Waals surface area contributed by atoms with E-state index in [1.807, 2.05) is 48.1 Å². The number of rotatable bonds is 15. The monoisotopic (exact) mass is 648 g/mol. The van der Waals surface area contributed by atoms with Crippen molar-refractivity contribution in [3.8, 4) is 0 Å². The molecule has 0 N–H and O–H groups in total. The molecule has 4 heterocycles. The Balaban J connectivity index is 0.000000226. The summed E-state index contributed by atoms with van der Waals surface area (Å²) in [6.45, 7) is 2.85. The summed E-state index contributed by atoms with van der Waals surface area (Å²) >= 11 is 0.